The monoisotopic (exact) mass is 474 g/mol. The lowest BCUT2D eigenvalue weighted by Gasteiger charge is -2.35. The van der Waals surface area contributed by atoms with E-state index in [4.69, 9.17) is 0 Å². The van der Waals surface area contributed by atoms with E-state index in [0.717, 1.165) is 29.3 Å². The van der Waals surface area contributed by atoms with Crippen molar-refractivity contribution in [1.82, 2.24) is 4.90 Å². The van der Waals surface area contributed by atoms with Gasteiger partial charge in [-0.1, -0.05) is 49.9 Å². The maximum atomic E-state index is 13.9. The van der Waals surface area contributed by atoms with Gasteiger partial charge in [0.1, 0.15) is 5.82 Å². The average Bonchev–Trinajstić information content (AvgIpc) is 2.92. The van der Waals surface area contributed by atoms with Crippen molar-refractivity contribution in [3.63, 3.8) is 0 Å². The number of benzene rings is 3. The second-order valence-electron chi connectivity index (χ2n) is 9.46. The van der Waals surface area contributed by atoms with Crippen molar-refractivity contribution in [3.05, 3.63) is 89.2 Å². The summed E-state index contributed by atoms with van der Waals surface area (Å²) in [5.41, 5.74) is 2.55. The molecule has 0 radical (unpaired) electrons. The van der Waals surface area contributed by atoms with Crippen LogP contribution in [0.3, 0.4) is 0 Å². The highest BCUT2D eigenvalue weighted by molar-refractivity contribution is 7.99. The van der Waals surface area contributed by atoms with E-state index in [1.165, 1.54) is 23.9 Å². The lowest BCUT2D eigenvalue weighted by molar-refractivity contribution is 0.0623. The van der Waals surface area contributed by atoms with E-state index in [1.807, 2.05) is 53.4 Å². The summed E-state index contributed by atoms with van der Waals surface area (Å²) in [5, 5.41) is 0. The van der Waals surface area contributed by atoms with E-state index in [0.29, 0.717) is 34.2 Å². The Hall–Kier alpha value is -3.12. The van der Waals surface area contributed by atoms with E-state index in [-0.39, 0.29) is 24.2 Å². The summed E-state index contributed by atoms with van der Waals surface area (Å²) < 4.78 is 13.9. The van der Waals surface area contributed by atoms with Gasteiger partial charge in [-0.3, -0.25) is 9.59 Å². The van der Waals surface area contributed by atoms with Gasteiger partial charge < -0.3 is 9.80 Å². The molecular weight excluding hydrogens is 447 g/mol. The van der Waals surface area contributed by atoms with Crippen LogP contribution in [-0.4, -0.2) is 29.8 Å². The van der Waals surface area contributed by atoms with Crippen LogP contribution in [0.25, 0.3) is 0 Å². The molecule has 2 aliphatic heterocycles. The molecule has 34 heavy (non-hydrogen) atoms. The number of amides is 2. The van der Waals surface area contributed by atoms with E-state index < -0.39 is 0 Å². The molecule has 0 aromatic heterocycles. The number of likely N-dealkylation sites (tertiary alicyclic amines) is 1. The van der Waals surface area contributed by atoms with Gasteiger partial charge in [0.2, 0.25) is 0 Å². The molecule has 4 nitrogen and oxygen atoms in total. The Labute approximate surface area is 203 Å². The van der Waals surface area contributed by atoms with Crippen LogP contribution in [-0.2, 0) is 6.54 Å². The minimum atomic E-state index is -0.341. The Bertz CT molecular complexity index is 1250. The SMILES string of the molecule is CC1CC(C)CN(C(=O)c2ccc3c(c2)N(Cc2cccc(F)c2)C(=O)c2ccccc2S3)C1. The summed E-state index contributed by atoms with van der Waals surface area (Å²) >= 11 is 1.52. The first-order valence-electron chi connectivity index (χ1n) is 11.7. The molecule has 174 valence electrons. The molecule has 3 aromatic rings. The van der Waals surface area contributed by atoms with Crippen LogP contribution in [0, 0.1) is 17.7 Å². The van der Waals surface area contributed by atoms with Crippen LogP contribution >= 0.6 is 11.8 Å². The number of halogens is 1. The molecule has 0 bridgehead atoms. The van der Waals surface area contributed by atoms with Crippen molar-refractivity contribution >= 4 is 29.3 Å². The normalized spacial score (nSPS) is 19.9. The minimum absolute atomic E-state index is 0.00823. The summed E-state index contributed by atoms with van der Waals surface area (Å²) in [5.74, 6) is 0.420. The Kier molecular flexibility index (Phi) is 6.17. The highest BCUT2D eigenvalue weighted by Crippen LogP contribution is 2.42. The van der Waals surface area contributed by atoms with Crippen LogP contribution < -0.4 is 4.90 Å². The van der Waals surface area contributed by atoms with Crippen molar-refractivity contribution in [2.75, 3.05) is 18.0 Å². The molecule has 3 aromatic carbocycles. The van der Waals surface area contributed by atoms with Gasteiger partial charge in [-0.15, -0.1) is 0 Å². The predicted molar refractivity (Wildman–Crippen MR) is 133 cm³/mol. The lowest BCUT2D eigenvalue weighted by Crippen LogP contribution is -2.42. The molecule has 0 N–H and O–H groups in total. The number of carbonyl (C=O) groups excluding carboxylic acids is 2. The summed E-state index contributed by atoms with van der Waals surface area (Å²) in [4.78, 5) is 32.5. The summed E-state index contributed by atoms with van der Waals surface area (Å²) in [7, 11) is 0. The highest BCUT2D eigenvalue weighted by Gasteiger charge is 2.30. The Morgan fingerprint density at radius 3 is 2.50 bits per heavy atom. The molecule has 0 aliphatic carbocycles. The van der Waals surface area contributed by atoms with E-state index in [9.17, 15) is 14.0 Å². The van der Waals surface area contributed by atoms with Gasteiger partial charge >= 0.3 is 0 Å². The molecule has 0 saturated carbocycles. The van der Waals surface area contributed by atoms with Crippen molar-refractivity contribution in [2.24, 2.45) is 11.8 Å². The van der Waals surface area contributed by atoms with Gasteiger partial charge in [0.25, 0.3) is 11.8 Å². The number of rotatable bonds is 3. The van der Waals surface area contributed by atoms with E-state index in [1.54, 1.807) is 11.0 Å². The van der Waals surface area contributed by atoms with E-state index >= 15 is 0 Å². The number of nitrogens with zero attached hydrogens (tertiary/aromatic N) is 2. The van der Waals surface area contributed by atoms with Crippen LogP contribution in [0.1, 0.15) is 46.5 Å². The maximum Gasteiger partial charge on any atom is 0.259 e. The van der Waals surface area contributed by atoms with Gasteiger partial charge in [0.15, 0.2) is 0 Å². The summed E-state index contributed by atoms with van der Waals surface area (Å²) in [6, 6.07) is 19.4. The minimum Gasteiger partial charge on any atom is -0.338 e. The summed E-state index contributed by atoms with van der Waals surface area (Å²) in [6.45, 7) is 6.06. The Morgan fingerprint density at radius 2 is 1.74 bits per heavy atom. The second kappa shape index (κ2) is 9.26. The molecule has 6 heteroatoms. The standard InChI is InChI=1S/C28H27FN2O2S/c1-18-12-19(2)16-30(15-18)27(32)21-10-11-26-24(14-21)31(17-20-6-5-7-22(29)13-20)28(33)23-8-3-4-9-25(23)34-26/h3-11,13-14,18-19H,12,15-17H2,1-2H3. The van der Waals surface area contributed by atoms with Crippen molar-refractivity contribution in [2.45, 2.75) is 36.6 Å². The molecular formula is C28H27FN2O2S. The molecule has 2 heterocycles. The molecule has 5 rings (SSSR count). The molecule has 1 saturated heterocycles. The fourth-order valence-corrected chi connectivity index (χ4v) is 6.10. The largest absolute Gasteiger partial charge is 0.338 e. The Balaban J connectivity index is 1.56. The van der Waals surface area contributed by atoms with Crippen LogP contribution in [0.4, 0.5) is 10.1 Å². The average molecular weight is 475 g/mol. The van der Waals surface area contributed by atoms with Gasteiger partial charge in [-0.25, -0.2) is 4.39 Å². The molecule has 2 amide bonds. The van der Waals surface area contributed by atoms with Crippen LogP contribution in [0.15, 0.2) is 76.5 Å². The van der Waals surface area contributed by atoms with Crippen LogP contribution in [0.5, 0.6) is 0 Å². The first kappa shape index (κ1) is 22.7. The molecule has 2 unspecified atom stereocenters. The molecule has 2 atom stereocenters. The molecule has 1 fully saturated rings. The molecule has 2 aliphatic rings. The van der Waals surface area contributed by atoms with Gasteiger partial charge in [0, 0.05) is 28.4 Å². The third-order valence-corrected chi connectivity index (χ3v) is 7.61. The third-order valence-electron chi connectivity index (χ3n) is 6.47. The smallest absolute Gasteiger partial charge is 0.259 e. The topological polar surface area (TPSA) is 40.6 Å². The number of hydrogen-bond donors (Lipinski definition) is 0. The number of hydrogen-bond acceptors (Lipinski definition) is 3. The maximum absolute atomic E-state index is 13.9. The zero-order chi connectivity index (χ0) is 23.8. The van der Waals surface area contributed by atoms with Gasteiger partial charge in [0.05, 0.1) is 17.8 Å². The molecule has 0 spiro atoms. The first-order chi connectivity index (χ1) is 16.4. The summed E-state index contributed by atoms with van der Waals surface area (Å²) in [6.07, 6.45) is 1.12. The van der Waals surface area contributed by atoms with Gasteiger partial charge in [-0.05, 0) is 66.3 Å². The van der Waals surface area contributed by atoms with Crippen LogP contribution in [0.2, 0.25) is 0 Å². The predicted octanol–water partition coefficient (Wildman–Crippen LogP) is 6.26. The zero-order valence-corrected chi connectivity index (χ0v) is 20.1. The van der Waals surface area contributed by atoms with Crippen molar-refractivity contribution < 1.29 is 14.0 Å². The lowest BCUT2D eigenvalue weighted by atomic mass is 9.91. The Morgan fingerprint density at radius 1 is 0.971 bits per heavy atom. The fourth-order valence-electron chi connectivity index (χ4n) is 5.04. The zero-order valence-electron chi connectivity index (χ0n) is 19.3. The highest BCUT2D eigenvalue weighted by atomic mass is 32.2. The number of anilines is 1. The number of piperidine rings is 1. The first-order valence-corrected chi connectivity index (χ1v) is 12.5. The number of fused-ring (bicyclic) bond motifs is 2. The van der Waals surface area contributed by atoms with E-state index in [2.05, 4.69) is 13.8 Å². The van der Waals surface area contributed by atoms with Crippen molar-refractivity contribution in [1.29, 1.82) is 0 Å². The second-order valence-corrected chi connectivity index (χ2v) is 10.5. The number of carbonyl (C=O) groups is 2. The van der Waals surface area contributed by atoms with Gasteiger partial charge in [-0.2, -0.15) is 0 Å². The quantitative estimate of drug-likeness (QED) is 0.450. The third kappa shape index (κ3) is 4.47. The fraction of sp³-hybridized carbons (Fsp3) is 0.286. The van der Waals surface area contributed by atoms with Crippen molar-refractivity contribution in [3.8, 4) is 0 Å².